The number of benzene rings is 1. The molecule has 0 spiro atoms. The van der Waals surface area contributed by atoms with Gasteiger partial charge in [0.2, 0.25) is 0 Å². The fourth-order valence-corrected chi connectivity index (χ4v) is 1.77. The van der Waals surface area contributed by atoms with Crippen LogP contribution >= 0.6 is 11.8 Å². The summed E-state index contributed by atoms with van der Waals surface area (Å²) in [6, 6.07) is 10.00. The molecule has 0 saturated carbocycles. The highest BCUT2D eigenvalue weighted by Gasteiger charge is 2.04. The summed E-state index contributed by atoms with van der Waals surface area (Å²) in [7, 11) is 0. The third-order valence-electron chi connectivity index (χ3n) is 1.58. The van der Waals surface area contributed by atoms with E-state index in [2.05, 4.69) is 0 Å². The minimum atomic E-state index is 0.104. The third-order valence-corrected chi connectivity index (χ3v) is 2.88. The highest BCUT2D eigenvalue weighted by molar-refractivity contribution is 8.00. The van der Waals surface area contributed by atoms with Crippen molar-refractivity contribution in [1.29, 1.82) is 0 Å². The quantitative estimate of drug-likeness (QED) is 0.523. The molecule has 1 aromatic rings. The third kappa shape index (κ3) is 2.70. The Morgan fingerprint density at radius 1 is 1.42 bits per heavy atom. The highest BCUT2D eigenvalue weighted by Crippen LogP contribution is 2.23. The summed E-state index contributed by atoms with van der Waals surface area (Å²) in [5.41, 5.74) is 0. The molecule has 0 unspecified atom stereocenters. The van der Waals surface area contributed by atoms with Gasteiger partial charge in [0.15, 0.2) is 0 Å². The van der Waals surface area contributed by atoms with Crippen molar-refractivity contribution in [2.24, 2.45) is 0 Å². The molecular weight excluding hydrogens is 168 g/mol. The van der Waals surface area contributed by atoms with Crippen LogP contribution in [-0.2, 0) is 4.79 Å². The van der Waals surface area contributed by atoms with E-state index in [1.165, 1.54) is 0 Å². The lowest BCUT2D eigenvalue weighted by molar-refractivity contribution is -0.107. The first-order chi connectivity index (χ1) is 5.86. The lowest BCUT2D eigenvalue weighted by Gasteiger charge is -2.05. The maximum absolute atomic E-state index is 10.5. The van der Waals surface area contributed by atoms with Gasteiger partial charge in [-0.2, -0.15) is 0 Å². The second kappa shape index (κ2) is 4.99. The molecular formula is C10H12OS. The average Bonchev–Trinajstić information content (AvgIpc) is 2.16. The molecule has 0 fully saturated rings. The molecule has 1 aromatic carbocycles. The van der Waals surface area contributed by atoms with Crippen molar-refractivity contribution < 1.29 is 4.79 Å². The van der Waals surface area contributed by atoms with Crippen molar-refractivity contribution in [3.8, 4) is 0 Å². The van der Waals surface area contributed by atoms with Gasteiger partial charge in [0.05, 0.1) is 5.25 Å². The van der Waals surface area contributed by atoms with Gasteiger partial charge in [0.1, 0.15) is 6.29 Å². The minimum Gasteiger partial charge on any atom is -0.302 e. The lowest BCUT2D eigenvalue weighted by atomic mass is 10.4. The standard InChI is InChI=1S/C10H12OS/c1-2-9(8-11)12-10-6-4-3-5-7-10/h3-9H,2H2,1H3/t9-/m0/s1. The zero-order valence-electron chi connectivity index (χ0n) is 7.07. The lowest BCUT2D eigenvalue weighted by Crippen LogP contribution is -2.00. The van der Waals surface area contributed by atoms with Crippen LogP contribution in [0.1, 0.15) is 13.3 Å². The molecule has 2 heteroatoms. The average molecular weight is 180 g/mol. The van der Waals surface area contributed by atoms with Crippen LogP contribution in [0.2, 0.25) is 0 Å². The molecule has 0 aliphatic rings. The molecule has 0 bridgehead atoms. The summed E-state index contributed by atoms with van der Waals surface area (Å²) in [6.45, 7) is 2.02. The number of aldehydes is 1. The van der Waals surface area contributed by atoms with Crippen molar-refractivity contribution >= 4 is 18.0 Å². The minimum absolute atomic E-state index is 0.104. The molecule has 1 rings (SSSR count). The Balaban J connectivity index is 2.56. The molecule has 0 aliphatic carbocycles. The Labute approximate surface area is 77.2 Å². The topological polar surface area (TPSA) is 17.1 Å². The number of carbonyl (C=O) groups is 1. The number of hydrogen-bond acceptors (Lipinski definition) is 2. The van der Waals surface area contributed by atoms with Gasteiger partial charge in [-0.05, 0) is 18.6 Å². The van der Waals surface area contributed by atoms with Gasteiger partial charge in [0, 0.05) is 4.90 Å². The van der Waals surface area contributed by atoms with Crippen LogP contribution in [0, 0.1) is 0 Å². The zero-order chi connectivity index (χ0) is 8.81. The second-order valence-electron chi connectivity index (χ2n) is 2.51. The monoisotopic (exact) mass is 180 g/mol. The van der Waals surface area contributed by atoms with E-state index in [0.717, 1.165) is 17.6 Å². The van der Waals surface area contributed by atoms with Crippen LogP contribution < -0.4 is 0 Å². The van der Waals surface area contributed by atoms with E-state index < -0.39 is 0 Å². The molecule has 0 radical (unpaired) electrons. The number of rotatable bonds is 4. The largest absolute Gasteiger partial charge is 0.302 e. The van der Waals surface area contributed by atoms with E-state index in [9.17, 15) is 4.79 Å². The van der Waals surface area contributed by atoms with Gasteiger partial charge in [-0.3, -0.25) is 0 Å². The van der Waals surface area contributed by atoms with Gasteiger partial charge in [-0.1, -0.05) is 25.1 Å². The normalized spacial score (nSPS) is 12.4. The molecule has 1 atom stereocenters. The van der Waals surface area contributed by atoms with E-state index >= 15 is 0 Å². The summed E-state index contributed by atoms with van der Waals surface area (Å²) in [4.78, 5) is 11.7. The fourth-order valence-electron chi connectivity index (χ4n) is 0.881. The van der Waals surface area contributed by atoms with Crippen molar-refractivity contribution in [2.75, 3.05) is 0 Å². The van der Waals surface area contributed by atoms with E-state index in [0.29, 0.717) is 0 Å². The summed E-state index contributed by atoms with van der Waals surface area (Å²) in [5, 5.41) is 0.104. The summed E-state index contributed by atoms with van der Waals surface area (Å²) in [6.07, 6.45) is 1.90. The van der Waals surface area contributed by atoms with Crippen molar-refractivity contribution in [3.63, 3.8) is 0 Å². The van der Waals surface area contributed by atoms with E-state index in [1.807, 2.05) is 37.3 Å². The number of thioether (sulfide) groups is 1. The molecule has 64 valence electrons. The van der Waals surface area contributed by atoms with Crippen molar-refractivity contribution in [2.45, 2.75) is 23.5 Å². The van der Waals surface area contributed by atoms with Crippen molar-refractivity contribution in [1.82, 2.24) is 0 Å². The molecule has 0 saturated heterocycles. The smallest absolute Gasteiger partial charge is 0.133 e. The zero-order valence-corrected chi connectivity index (χ0v) is 7.88. The van der Waals surface area contributed by atoms with Gasteiger partial charge in [0.25, 0.3) is 0 Å². The van der Waals surface area contributed by atoms with Gasteiger partial charge < -0.3 is 4.79 Å². The van der Waals surface area contributed by atoms with E-state index in [1.54, 1.807) is 11.8 Å². The predicted octanol–water partition coefficient (Wildman–Crippen LogP) is 2.76. The van der Waals surface area contributed by atoms with Crippen LogP contribution in [0.3, 0.4) is 0 Å². The Bertz CT molecular complexity index is 233. The molecule has 0 aromatic heterocycles. The summed E-state index contributed by atoms with van der Waals surface area (Å²) >= 11 is 1.62. The molecule has 1 nitrogen and oxygen atoms in total. The van der Waals surface area contributed by atoms with Crippen LogP contribution in [0.15, 0.2) is 35.2 Å². The van der Waals surface area contributed by atoms with E-state index in [-0.39, 0.29) is 5.25 Å². The highest BCUT2D eigenvalue weighted by atomic mass is 32.2. The SMILES string of the molecule is CC[C@@H](C=O)Sc1ccccc1. The Hall–Kier alpha value is -0.760. The Kier molecular flexibility index (Phi) is 3.88. The first-order valence-electron chi connectivity index (χ1n) is 4.03. The fraction of sp³-hybridized carbons (Fsp3) is 0.300. The van der Waals surface area contributed by atoms with Crippen molar-refractivity contribution in [3.05, 3.63) is 30.3 Å². The predicted molar refractivity (Wildman–Crippen MR) is 52.4 cm³/mol. The van der Waals surface area contributed by atoms with Gasteiger partial charge >= 0.3 is 0 Å². The first kappa shape index (κ1) is 9.33. The van der Waals surface area contributed by atoms with Gasteiger partial charge in [-0.15, -0.1) is 11.8 Å². The molecule has 0 heterocycles. The van der Waals surface area contributed by atoms with Crippen LogP contribution in [0.25, 0.3) is 0 Å². The van der Waals surface area contributed by atoms with E-state index in [4.69, 9.17) is 0 Å². The summed E-state index contributed by atoms with van der Waals surface area (Å²) < 4.78 is 0. The molecule has 12 heavy (non-hydrogen) atoms. The second-order valence-corrected chi connectivity index (χ2v) is 3.83. The Morgan fingerprint density at radius 2 is 2.08 bits per heavy atom. The maximum atomic E-state index is 10.5. The molecule has 0 aliphatic heterocycles. The summed E-state index contributed by atoms with van der Waals surface area (Å²) in [5.74, 6) is 0. The van der Waals surface area contributed by atoms with Crippen LogP contribution in [0.5, 0.6) is 0 Å². The Morgan fingerprint density at radius 3 is 2.58 bits per heavy atom. The first-order valence-corrected chi connectivity index (χ1v) is 4.91. The number of hydrogen-bond donors (Lipinski definition) is 0. The molecule has 0 amide bonds. The van der Waals surface area contributed by atoms with Crippen LogP contribution in [-0.4, -0.2) is 11.5 Å². The van der Waals surface area contributed by atoms with Crippen LogP contribution in [0.4, 0.5) is 0 Å². The maximum Gasteiger partial charge on any atom is 0.133 e. The molecule has 0 N–H and O–H groups in total. The van der Waals surface area contributed by atoms with Gasteiger partial charge in [-0.25, -0.2) is 0 Å². The number of carbonyl (C=O) groups excluding carboxylic acids is 1.